The van der Waals surface area contributed by atoms with E-state index in [9.17, 15) is 4.79 Å². The molecular weight excluding hydrogens is 310 g/mol. The summed E-state index contributed by atoms with van der Waals surface area (Å²) in [7, 11) is 0. The number of hydrogen-bond donors (Lipinski definition) is 2. The van der Waals surface area contributed by atoms with Crippen LogP contribution in [0.5, 0.6) is 0 Å². The lowest BCUT2D eigenvalue weighted by atomic mass is 9.97. The topological polar surface area (TPSA) is 67.2 Å². The molecule has 1 aromatic carbocycles. The van der Waals surface area contributed by atoms with Gasteiger partial charge in [-0.25, -0.2) is 4.98 Å². The van der Waals surface area contributed by atoms with Crippen LogP contribution in [0.4, 0.5) is 5.13 Å². The monoisotopic (exact) mass is 327 g/mol. The Morgan fingerprint density at radius 1 is 1.30 bits per heavy atom. The summed E-state index contributed by atoms with van der Waals surface area (Å²) in [4.78, 5) is 17.9. The first-order valence-electron chi connectivity index (χ1n) is 7.76. The second kappa shape index (κ2) is 6.14. The molecule has 2 N–H and O–H groups in total. The van der Waals surface area contributed by atoms with E-state index in [1.165, 1.54) is 4.88 Å². The van der Waals surface area contributed by atoms with E-state index in [1.54, 1.807) is 17.4 Å². The van der Waals surface area contributed by atoms with Gasteiger partial charge in [-0.1, -0.05) is 18.2 Å². The molecule has 1 fully saturated rings. The Bertz CT molecular complexity index is 800. The number of benzene rings is 1. The number of fused-ring (bicyclic) bond motifs is 1. The number of nitrogens with one attached hydrogen (secondary N) is 2. The van der Waals surface area contributed by atoms with Crippen molar-refractivity contribution in [2.45, 2.75) is 18.8 Å². The van der Waals surface area contributed by atoms with Crippen molar-refractivity contribution in [2.24, 2.45) is 0 Å². The summed E-state index contributed by atoms with van der Waals surface area (Å²) in [6, 6.07) is 9.34. The molecule has 6 heteroatoms. The van der Waals surface area contributed by atoms with Gasteiger partial charge in [-0.2, -0.15) is 0 Å². The minimum atomic E-state index is -0.257. The fourth-order valence-electron chi connectivity index (χ4n) is 2.89. The molecule has 1 aliphatic rings. The summed E-state index contributed by atoms with van der Waals surface area (Å²) in [5.74, 6) is 0.600. The van der Waals surface area contributed by atoms with Crippen LogP contribution >= 0.6 is 11.3 Å². The summed E-state index contributed by atoms with van der Waals surface area (Å²) in [5, 5.41) is 7.75. The van der Waals surface area contributed by atoms with Gasteiger partial charge in [-0.05, 0) is 44.0 Å². The van der Waals surface area contributed by atoms with Crippen LogP contribution in [0.3, 0.4) is 0 Å². The Morgan fingerprint density at radius 2 is 2.13 bits per heavy atom. The van der Waals surface area contributed by atoms with Crippen LogP contribution in [0.25, 0.3) is 11.0 Å². The number of aromatic nitrogens is 1. The van der Waals surface area contributed by atoms with Crippen LogP contribution in [0.1, 0.15) is 34.2 Å². The van der Waals surface area contributed by atoms with Gasteiger partial charge in [0.2, 0.25) is 0 Å². The summed E-state index contributed by atoms with van der Waals surface area (Å²) in [6.45, 7) is 2.09. The summed E-state index contributed by atoms with van der Waals surface area (Å²) < 4.78 is 5.58. The molecule has 0 atom stereocenters. The SMILES string of the molecule is O=C(Nc1ncc(C2CCNCC2)s1)c1cc2ccccc2o1. The molecule has 0 spiro atoms. The number of anilines is 1. The van der Waals surface area contributed by atoms with Crippen LogP contribution in [0.2, 0.25) is 0 Å². The highest BCUT2D eigenvalue weighted by atomic mass is 32.1. The van der Waals surface area contributed by atoms with E-state index in [0.29, 0.717) is 22.4 Å². The Labute approximate surface area is 137 Å². The molecule has 5 nitrogen and oxygen atoms in total. The fraction of sp³-hybridized carbons (Fsp3) is 0.294. The molecule has 0 saturated carbocycles. The molecule has 4 rings (SSSR count). The number of para-hydroxylation sites is 1. The van der Waals surface area contributed by atoms with Gasteiger partial charge in [0.05, 0.1) is 0 Å². The van der Waals surface area contributed by atoms with Crippen molar-refractivity contribution in [3.63, 3.8) is 0 Å². The van der Waals surface area contributed by atoms with E-state index >= 15 is 0 Å². The Morgan fingerprint density at radius 3 is 2.96 bits per heavy atom. The number of furan rings is 1. The largest absolute Gasteiger partial charge is 0.451 e. The highest BCUT2D eigenvalue weighted by Gasteiger charge is 2.19. The van der Waals surface area contributed by atoms with Crippen molar-refractivity contribution < 1.29 is 9.21 Å². The van der Waals surface area contributed by atoms with Gasteiger partial charge in [0, 0.05) is 16.5 Å². The summed E-state index contributed by atoms with van der Waals surface area (Å²) >= 11 is 1.56. The van der Waals surface area contributed by atoms with E-state index in [0.717, 1.165) is 31.3 Å². The smallest absolute Gasteiger partial charge is 0.293 e. The van der Waals surface area contributed by atoms with Gasteiger partial charge >= 0.3 is 0 Å². The predicted molar refractivity (Wildman–Crippen MR) is 91.1 cm³/mol. The third-order valence-electron chi connectivity index (χ3n) is 4.13. The molecule has 1 amide bonds. The molecule has 3 aromatic rings. The van der Waals surface area contributed by atoms with Crippen LogP contribution in [0.15, 0.2) is 40.9 Å². The van der Waals surface area contributed by atoms with Crippen molar-refractivity contribution in [3.8, 4) is 0 Å². The van der Waals surface area contributed by atoms with Gasteiger partial charge < -0.3 is 9.73 Å². The highest BCUT2D eigenvalue weighted by molar-refractivity contribution is 7.15. The molecule has 0 unspecified atom stereocenters. The first kappa shape index (κ1) is 14.4. The molecule has 1 saturated heterocycles. The zero-order valence-electron chi connectivity index (χ0n) is 12.5. The van der Waals surface area contributed by atoms with Crippen LogP contribution in [-0.2, 0) is 0 Å². The molecule has 0 radical (unpaired) electrons. The molecule has 0 aliphatic carbocycles. The predicted octanol–water partition coefficient (Wildman–Crippen LogP) is 3.61. The number of piperidine rings is 1. The van der Waals surface area contributed by atoms with Crippen LogP contribution in [0, 0.1) is 0 Å². The second-order valence-corrected chi connectivity index (χ2v) is 6.76. The average Bonchev–Trinajstić information content (AvgIpc) is 3.22. The average molecular weight is 327 g/mol. The van der Waals surface area contributed by atoms with E-state index in [-0.39, 0.29) is 5.91 Å². The number of carbonyl (C=O) groups is 1. The van der Waals surface area contributed by atoms with E-state index in [1.807, 2.05) is 30.5 Å². The molecule has 3 heterocycles. The van der Waals surface area contributed by atoms with Crippen LogP contribution in [-0.4, -0.2) is 24.0 Å². The van der Waals surface area contributed by atoms with Gasteiger partial charge in [0.25, 0.3) is 5.91 Å². The van der Waals surface area contributed by atoms with E-state index in [4.69, 9.17) is 4.42 Å². The van der Waals surface area contributed by atoms with Gasteiger partial charge in [-0.15, -0.1) is 11.3 Å². The van der Waals surface area contributed by atoms with Gasteiger partial charge in [0.1, 0.15) is 5.58 Å². The van der Waals surface area contributed by atoms with Gasteiger partial charge in [-0.3, -0.25) is 10.1 Å². The summed E-state index contributed by atoms with van der Waals surface area (Å²) in [5.41, 5.74) is 0.715. The van der Waals surface area contributed by atoms with E-state index in [2.05, 4.69) is 15.6 Å². The van der Waals surface area contributed by atoms with Crippen molar-refractivity contribution in [1.82, 2.24) is 10.3 Å². The Kier molecular flexibility index (Phi) is 3.85. The third kappa shape index (κ3) is 3.00. The first-order chi connectivity index (χ1) is 11.3. The number of hydrogen-bond acceptors (Lipinski definition) is 5. The number of nitrogens with zero attached hydrogens (tertiary/aromatic N) is 1. The standard InChI is InChI=1S/C17H17N3O2S/c21-16(14-9-12-3-1-2-4-13(12)22-14)20-17-19-10-15(23-17)11-5-7-18-8-6-11/h1-4,9-11,18H,5-8H2,(H,19,20,21). The zero-order valence-corrected chi connectivity index (χ0v) is 13.4. The molecule has 1 aliphatic heterocycles. The summed E-state index contributed by atoms with van der Waals surface area (Å²) in [6.07, 6.45) is 4.13. The first-order valence-corrected chi connectivity index (χ1v) is 8.57. The second-order valence-electron chi connectivity index (χ2n) is 5.69. The molecule has 0 bridgehead atoms. The maximum Gasteiger partial charge on any atom is 0.293 e. The number of amides is 1. The maximum atomic E-state index is 12.3. The zero-order chi connectivity index (χ0) is 15.6. The molecular formula is C17H17N3O2S. The van der Waals surface area contributed by atoms with Gasteiger partial charge in [0.15, 0.2) is 10.9 Å². The number of rotatable bonds is 3. The lowest BCUT2D eigenvalue weighted by Crippen LogP contribution is -2.26. The number of thiazole rings is 1. The Balaban J connectivity index is 1.49. The molecule has 2 aromatic heterocycles. The minimum Gasteiger partial charge on any atom is -0.451 e. The highest BCUT2D eigenvalue weighted by Crippen LogP contribution is 2.32. The normalized spacial score (nSPS) is 15.8. The maximum absolute atomic E-state index is 12.3. The van der Waals surface area contributed by atoms with Crippen molar-refractivity contribution in [3.05, 3.63) is 47.2 Å². The number of carbonyl (C=O) groups excluding carboxylic acids is 1. The Hall–Kier alpha value is -2.18. The van der Waals surface area contributed by atoms with Crippen molar-refractivity contribution in [2.75, 3.05) is 18.4 Å². The van der Waals surface area contributed by atoms with E-state index < -0.39 is 0 Å². The van der Waals surface area contributed by atoms with Crippen molar-refractivity contribution in [1.29, 1.82) is 0 Å². The lowest BCUT2D eigenvalue weighted by Gasteiger charge is -2.20. The molecule has 118 valence electrons. The quantitative estimate of drug-likeness (QED) is 0.771. The van der Waals surface area contributed by atoms with Crippen LogP contribution < -0.4 is 10.6 Å². The van der Waals surface area contributed by atoms with Crippen molar-refractivity contribution >= 4 is 33.3 Å². The fourth-order valence-corrected chi connectivity index (χ4v) is 3.87. The molecule has 23 heavy (non-hydrogen) atoms. The lowest BCUT2D eigenvalue weighted by molar-refractivity contribution is 0.0998. The third-order valence-corrected chi connectivity index (χ3v) is 5.21. The minimum absolute atomic E-state index is 0.257.